The van der Waals surface area contributed by atoms with Gasteiger partial charge in [-0.25, -0.2) is 4.79 Å². The summed E-state index contributed by atoms with van der Waals surface area (Å²) >= 11 is 0. The second-order valence-electron chi connectivity index (χ2n) is 3.84. The monoisotopic (exact) mass is 246 g/mol. The molecule has 1 aliphatic rings. The Morgan fingerprint density at radius 3 is 3.00 bits per heavy atom. The zero-order chi connectivity index (χ0) is 12.5. The summed E-state index contributed by atoms with van der Waals surface area (Å²) in [5.74, 6) is -0.417. The molecule has 0 saturated carbocycles. The minimum Gasteiger partial charge on any atom is -0.494 e. The van der Waals surface area contributed by atoms with Crippen molar-refractivity contribution in [1.82, 2.24) is 10.2 Å². The number of aromatic carboxylic acids is 1. The Labute approximate surface area is 102 Å². The van der Waals surface area contributed by atoms with Crippen LogP contribution < -0.4 is 0 Å². The van der Waals surface area contributed by atoms with E-state index in [4.69, 9.17) is 14.6 Å². The van der Waals surface area contributed by atoms with E-state index in [9.17, 15) is 4.79 Å². The highest BCUT2D eigenvalue weighted by Gasteiger charge is 2.15. The van der Waals surface area contributed by atoms with Crippen molar-refractivity contribution >= 4 is 22.6 Å². The van der Waals surface area contributed by atoms with Crippen LogP contribution in [0.3, 0.4) is 0 Å². The molecule has 1 aliphatic heterocycles. The van der Waals surface area contributed by atoms with Crippen molar-refractivity contribution in [2.24, 2.45) is 0 Å². The third kappa shape index (κ3) is 1.67. The molecule has 0 bridgehead atoms. The number of carboxylic acid groups (broad SMARTS) is 1. The maximum Gasteiger partial charge on any atom is 0.357 e. The first-order valence-corrected chi connectivity index (χ1v) is 5.42. The standard InChI is InChI=1S/C12H10N2O4/c15-12(16)11-8-2-1-7(5-9(8)13-14-11)10-6-17-3-4-18-10/h1-2,5-6H,3-4H2,(H,13,14)(H,15,16). The number of rotatable bonds is 2. The molecule has 0 fully saturated rings. The Morgan fingerprint density at radius 2 is 2.28 bits per heavy atom. The van der Waals surface area contributed by atoms with E-state index in [1.165, 1.54) is 0 Å². The van der Waals surface area contributed by atoms with E-state index in [-0.39, 0.29) is 5.69 Å². The lowest BCUT2D eigenvalue weighted by Crippen LogP contribution is -2.07. The predicted octanol–water partition coefficient (Wildman–Crippen LogP) is 1.61. The number of carboxylic acids is 1. The number of H-pyrrole nitrogens is 1. The summed E-state index contributed by atoms with van der Waals surface area (Å²) in [4.78, 5) is 10.9. The molecule has 2 N–H and O–H groups in total. The fourth-order valence-electron chi connectivity index (χ4n) is 1.86. The van der Waals surface area contributed by atoms with Crippen LogP contribution in [0.5, 0.6) is 0 Å². The second kappa shape index (κ2) is 4.06. The average Bonchev–Trinajstić information content (AvgIpc) is 2.82. The molecular weight excluding hydrogens is 236 g/mol. The number of hydrogen-bond donors (Lipinski definition) is 2. The number of aromatic nitrogens is 2. The predicted molar refractivity (Wildman–Crippen MR) is 62.9 cm³/mol. The summed E-state index contributed by atoms with van der Waals surface area (Å²) in [5, 5.41) is 16.0. The summed E-state index contributed by atoms with van der Waals surface area (Å²) in [6.07, 6.45) is 1.55. The number of carbonyl (C=O) groups is 1. The van der Waals surface area contributed by atoms with Gasteiger partial charge in [0.25, 0.3) is 0 Å². The maximum atomic E-state index is 10.9. The molecule has 6 heteroatoms. The first-order chi connectivity index (χ1) is 8.75. The summed E-state index contributed by atoms with van der Waals surface area (Å²) in [5.41, 5.74) is 1.49. The SMILES string of the molecule is O=C(O)c1n[nH]c2cc(C3=COCCO3)ccc12. The number of fused-ring (bicyclic) bond motifs is 1. The van der Waals surface area contributed by atoms with E-state index in [1.807, 2.05) is 0 Å². The smallest absolute Gasteiger partial charge is 0.357 e. The van der Waals surface area contributed by atoms with Crippen molar-refractivity contribution in [3.8, 4) is 0 Å². The van der Waals surface area contributed by atoms with Gasteiger partial charge in [-0.2, -0.15) is 5.10 Å². The van der Waals surface area contributed by atoms with E-state index < -0.39 is 5.97 Å². The van der Waals surface area contributed by atoms with Crippen LogP contribution in [0.1, 0.15) is 16.1 Å². The molecule has 6 nitrogen and oxygen atoms in total. The van der Waals surface area contributed by atoms with Crippen LogP contribution in [0.4, 0.5) is 0 Å². The van der Waals surface area contributed by atoms with Gasteiger partial charge < -0.3 is 14.6 Å². The van der Waals surface area contributed by atoms with E-state index in [2.05, 4.69) is 10.2 Å². The molecule has 0 atom stereocenters. The van der Waals surface area contributed by atoms with E-state index in [1.54, 1.807) is 24.5 Å². The van der Waals surface area contributed by atoms with Gasteiger partial charge in [0.15, 0.2) is 11.5 Å². The number of nitrogens with zero attached hydrogens (tertiary/aromatic N) is 1. The van der Waals surface area contributed by atoms with Gasteiger partial charge in [0.05, 0.1) is 5.52 Å². The topological polar surface area (TPSA) is 84.4 Å². The van der Waals surface area contributed by atoms with Gasteiger partial charge in [0, 0.05) is 10.9 Å². The Morgan fingerprint density at radius 1 is 1.39 bits per heavy atom. The molecule has 1 aromatic heterocycles. The summed E-state index contributed by atoms with van der Waals surface area (Å²) in [6.45, 7) is 1.05. The summed E-state index contributed by atoms with van der Waals surface area (Å²) in [7, 11) is 0. The van der Waals surface area contributed by atoms with Gasteiger partial charge in [0.1, 0.15) is 19.5 Å². The van der Waals surface area contributed by atoms with Crippen LogP contribution >= 0.6 is 0 Å². The third-order valence-corrected chi connectivity index (χ3v) is 2.70. The van der Waals surface area contributed by atoms with E-state index in [0.29, 0.717) is 29.9 Å². The van der Waals surface area contributed by atoms with Crippen LogP contribution in [0.2, 0.25) is 0 Å². The van der Waals surface area contributed by atoms with Crippen LogP contribution in [0.25, 0.3) is 16.7 Å². The fourth-order valence-corrected chi connectivity index (χ4v) is 1.86. The van der Waals surface area contributed by atoms with Crippen molar-refractivity contribution in [3.63, 3.8) is 0 Å². The molecule has 1 aromatic carbocycles. The molecule has 0 amide bonds. The van der Waals surface area contributed by atoms with Crippen LogP contribution in [0.15, 0.2) is 24.5 Å². The van der Waals surface area contributed by atoms with Crippen molar-refractivity contribution in [2.75, 3.05) is 13.2 Å². The van der Waals surface area contributed by atoms with E-state index in [0.717, 1.165) is 5.56 Å². The van der Waals surface area contributed by atoms with Gasteiger partial charge >= 0.3 is 5.97 Å². The molecule has 0 spiro atoms. The quantitative estimate of drug-likeness (QED) is 0.840. The number of hydrogen-bond acceptors (Lipinski definition) is 4. The van der Waals surface area contributed by atoms with Crippen molar-refractivity contribution in [1.29, 1.82) is 0 Å². The molecule has 92 valence electrons. The Balaban J connectivity index is 2.07. The Kier molecular flexibility index (Phi) is 2.40. The highest BCUT2D eigenvalue weighted by atomic mass is 16.6. The number of nitrogens with one attached hydrogen (secondary N) is 1. The molecule has 0 radical (unpaired) electrons. The van der Waals surface area contributed by atoms with Gasteiger partial charge in [0.2, 0.25) is 0 Å². The minimum absolute atomic E-state index is 0.0198. The molecular formula is C12H10N2O4. The minimum atomic E-state index is -1.05. The number of ether oxygens (including phenoxy) is 2. The van der Waals surface area contributed by atoms with Gasteiger partial charge in [-0.15, -0.1) is 0 Å². The van der Waals surface area contributed by atoms with Crippen molar-refractivity contribution < 1.29 is 19.4 Å². The van der Waals surface area contributed by atoms with Crippen LogP contribution in [0, 0.1) is 0 Å². The van der Waals surface area contributed by atoms with Gasteiger partial charge in [-0.05, 0) is 12.1 Å². The highest BCUT2D eigenvalue weighted by Crippen LogP contribution is 2.24. The van der Waals surface area contributed by atoms with Crippen molar-refractivity contribution in [2.45, 2.75) is 0 Å². The average molecular weight is 246 g/mol. The van der Waals surface area contributed by atoms with Crippen LogP contribution in [-0.2, 0) is 9.47 Å². The lowest BCUT2D eigenvalue weighted by Gasteiger charge is -2.15. The Hall–Kier alpha value is -2.50. The zero-order valence-electron chi connectivity index (χ0n) is 9.34. The van der Waals surface area contributed by atoms with Crippen molar-refractivity contribution in [3.05, 3.63) is 35.7 Å². The van der Waals surface area contributed by atoms with Gasteiger partial charge in [-0.3, -0.25) is 5.10 Å². The van der Waals surface area contributed by atoms with Gasteiger partial charge in [-0.1, -0.05) is 6.07 Å². The maximum absolute atomic E-state index is 10.9. The highest BCUT2D eigenvalue weighted by molar-refractivity contribution is 6.01. The molecule has 2 heterocycles. The first-order valence-electron chi connectivity index (χ1n) is 5.42. The van der Waals surface area contributed by atoms with E-state index >= 15 is 0 Å². The summed E-state index contributed by atoms with van der Waals surface area (Å²) in [6, 6.07) is 5.27. The lowest BCUT2D eigenvalue weighted by molar-refractivity contribution is 0.0692. The molecule has 3 rings (SSSR count). The molecule has 0 unspecified atom stereocenters. The first kappa shape index (κ1) is 10.6. The lowest BCUT2D eigenvalue weighted by atomic mass is 10.1. The normalized spacial score (nSPS) is 14.8. The summed E-state index contributed by atoms with van der Waals surface area (Å²) < 4.78 is 10.6. The third-order valence-electron chi connectivity index (χ3n) is 2.70. The number of benzene rings is 1. The molecule has 0 aliphatic carbocycles. The second-order valence-corrected chi connectivity index (χ2v) is 3.84. The van der Waals surface area contributed by atoms with Crippen LogP contribution in [-0.4, -0.2) is 34.5 Å². The zero-order valence-corrected chi connectivity index (χ0v) is 9.34. The fraction of sp³-hybridized carbons (Fsp3) is 0.167. The largest absolute Gasteiger partial charge is 0.494 e. The number of aromatic amines is 1. The molecule has 0 saturated heterocycles. The molecule has 18 heavy (non-hydrogen) atoms. The molecule has 2 aromatic rings. The Bertz CT molecular complexity index is 645.